The van der Waals surface area contributed by atoms with Crippen LogP contribution in [-0.2, 0) is 0 Å². The molecule has 0 saturated carbocycles. The van der Waals surface area contributed by atoms with Gasteiger partial charge in [-0.2, -0.15) is 0 Å². The molecule has 2 rings (SSSR count). The molecule has 0 spiro atoms. The fraction of sp³-hybridized carbons (Fsp3) is 0.250. The van der Waals surface area contributed by atoms with Crippen LogP contribution in [0.4, 0.5) is 0 Å². The lowest BCUT2D eigenvalue weighted by Crippen LogP contribution is -2.08. The second-order valence-corrected chi connectivity index (χ2v) is 4.41. The van der Waals surface area contributed by atoms with Gasteiger partial charge in [0.25, 0.3) is 0 Å². The normalized spacial score (nSPS) is 14.7. The van der Waals surface area contributed by atoms with Crippen molar-refractivity contribution < 1.29 is 9.52 Å². The lowest BCUT2D eigenvalue weighted by Gasteiger charge is -2.15. The second-order valence-electron chi connectivity index (χ2n) is 3.63. The highest BCUT2D eigenvalue weighted by Crippen LogP contribution is 2.31. The smallest absolute Gasteiger partial charge is 0.169 e. The monoisotopic (exact) mass is 281 g/mol. The number of aliphatic hydroxyl groups is 1. The fourth-order valence-electron chi connectivity index (χ4n) is 1.54. The van der Waals surface area contributed by atoms with Crippen LogP contribution in [0.5, 0.6) is 0 Å². The molecule has 0 bridgehead atoms. The van der Waals surface area contributed by atoms with Crippen LogP contribution in [-0.4, -0.2) is 10.1 Å². The molecule has 2 unspecified atom stereocenters. The number of pyridine rings is 1. The van der Waals surface area contributed by atoms with Gasteiger partial charge in [0.15, 0.2) is 4.67 Å². The van der Waals surface area contributed by atoms with Crippen molar-refractivity contribution in [1.29, 1.82) is 0 Å². The highest BCUT2D eigenvalue weighted by Gasteiger charge is 2.21. The van der Waals surface area contributed by atoms with Crippen LogP contribution >= 0.6 is 15.9 Å². The number of rotatable bonds is 3. The molecule has 4 heteroatoms. The first-order valence-electron chi connectivity index (χ1n) is 5.02. The Morgan fingerprint density at radius 3 is 2.69 bits per heavy atom. The van der Waals surface area contributed by atoms with Gasteiger partial charge in [-0.05, 0) is 40.2 Å². The highest BCUT2D eigenvalue weighted by atomic mass is 79.9. The van der Waals surface area contributed by atoms with E-state index in [2.05, 4.69) is 20.9 Å². The maximum Gasteiger partial charge on any atom is 0.169 e. The van der Waals surface area contributed by atoms with E-state index in [1.807, 2.05) is 25.1 Å². The molecule has 0 fully saturated rings. The number of hydrogen-bond acceptors (Lipinski definition) is 3. The SMILES string of the molecule is CC(c1ccccn1)C(O)c1ccc(Br)o1. The van der Waals surface area contributed by atoms with Gasteiger partial charge in [-0.3, -0.25) is 4.98 Å². The summed E-state index contributed by atoms with van der Waals surface area (Å²) in [5, 5.41) is 10.1. The molecule has 2 aromatic rings. The van der Waals surface area contributed by atoms with E-state index >= 15 is 0 Å². The van der Waals surface area contributed by atoms with Crippen molar-refractivity contribution in [2.75, 3.05) is 0 Å². The van der Waals surface area contributed by atoms with Gasteiger partial charge in [0, 0.05) is 17.8 Å². The zero-order chi connectivity index (χ0) is 11.5. The molecule has 2 atom stereocenters. The molecule has 0 aliphatic rings. The number of nitrogens with zero attached hydrogens (tertiary/aromatic N) is 1. The summed E-state index contributed by atoms with van der Waals surface area (Å²) in [6.45, 7) is 1.92. The lowest BCUT2D eigenvalue weighted by molar-refractivity contribution is 0.123. The molecule has 0 aliphatic heterocycles. The second kappa shape index (κ2) is 4.80. The van der Waals surface area contributed by atoms with E-state index in [4.69, 9.17) is 4.42 Å². The highest BCUT2D eigenvalue weighted by molar-refractivity contribution is 9.10. The van der Waals surface area contributed by atoms with Gasteiger partial charge in [-0.25, -0.2) is 0 Å². The first-order chi connectivity index (χ1) is 7.68. The number of hydrogen-bond donors (Lipinski definition) is 1. The van der Waals surface area contributed by atoms with Gasteiger partial charge in [0.05, 0.1) is 0 Å². The summed E-state index contributed by atoms with van der Waals surface area (Å²) in [5.41, 5.74) is 0.850. The van der Waals surface area contributed by atoms with Crippen LogP contribution in [0.15, 0.2) is 45.6 Å². The Kier molecular flexibility index (Phi) is 3.41. The minimum absolute atomic E-state index is 0.0979. The van der Waals surface area contributed by atoms with Crippen molar-refractivity contribution in [3.63, 3.8) is 0 Å². The van der Waals surface area contributed by atoms with E-state index < -0.39 is 6.10 Å². The summed E-state index contributed by atoms with van der Waals surface area (Å²) < 4.78 is 5.95. The Bertz CT molecular complexity index is 455. The Labute approximate surface area is 102 Å². The molecule has 0 saturated heterocycles. The number of aliphatic hydroxyl groups excluding tert-OH is 1. The quantitative estimate of drug-likeness (QED) is 0.939. The Morgan fingerprint density at radius 1 is 1.31 bits per heavy atom. The van der Waals surface area contributed by atoms with Crippen molar-refractivity contribution in [2.45, 2.75) is 18.9 Å². The van der Waals surface area contributed by atoms with E-state index in [1.54, 1.807) is 18.3 Å². The predicted octanol–water partition coefficient (Wildman–Crippen LogP) is 3.27. The molecule has 84 valence electrons. The topological polar surface area (TPSA) is 46.3 Å². The molecule has 0 radical (unpaired) electrons. The zero-order valence-electron chi connectivity index (χ0n) is 8.80. The van der Waals surface area contributed by atoms with Crippen LogP contribution < -0.4 is 0 Å². The van der Waals surface area contributed by atoms with Gasteiger partial charge in [-0.15, -0.1) is 0 Å². The van der Waals surface area contributed by atoms with Gasteiger partial charge in [0.1, 0.15) is 11.9 Å². The number of halogens is 1. The molecule has 16 heavy (non-hydrogen) atoms. The van der Waals surface area contributed by atoms with E-state index in [-0.39, 0.29) is 5.92 Å². The molecule has 2 aromatic heterocycles. The number of furan rings is 1. The third kappa shape index (κ3) is 2.33. The lowest BCUT2D eigenvalue weighted by atomic mass is 9.98. The molecular weight excluding hydrogens is 270 g/mol. The van der Waals surface area contributed by atoms with E-state index in [9.17, 15) is 5.11 Å². The molecule has 3 nitrogen and oxygen atoms in total. The Morgan fingerprint density at radius 2 is 2.12 bits per heavy atom. The summed E-state index contributed by atoms with van der Waals surface area (Å²) >= 11 is 3.21. The van der Waals surface area contributed by atoms with Crippen molar-refractivity contribution in [1.82, 2.24) is 4.98 Å². The van der Waals surface area contributed by atoms with Crippen LogP contribution in [0.25, 0.3) is 0 Å². The standard InChI is InChI=1S/C12H12BrNO2/c1-8(9-4-2-3-7-14-9)12(15)10-5-6-11(13)16-10/h2-8,12,15H,1H3. The Balaban J connectivity index is 2.19. The average molecular weight is 282 g/mol. The minimum atomic E-state index is -0.679. The maximum absolute atomic E-state index is 10.1. The summed E-state index contributed by atoms with van der Waals surface area (Å²) in [6, 6.07) is 9.18. The Hall–Kier alpha value is -1.13. The summed E-state index contributed by atoms with van der Waals surface area (Å²) in [4.78, 5) is 4.22. The third-order valence-corrected chi connectivity index (χ3v) is 2.94. The average Bonchev–Trinajstić information content (AvgIpc) is 2.75. The van der Waals surface area contributed by atoms with Crippen molar-refractivity contribution in [3.05, 3.63) is 52.7 Å². The fourth-order valence-corrected chi connectivity index (χ4v) is 1.86. The van der Waals surface area contributed by atoms with Gasteiger partial charge in [0.2, 0.25) is 0 Å². The molecule has 0 aliphatic carbocycles. The zero-order valence-corrected chi connectivity index (χ0v) is 10.4. The first kappa shape index (κ1) is 11.4. The van der Waals surface area contributed by atoms with Gasteiger partial charge >= 0.3 is 0 Å². The van der Waals surface area contributed by atoms with E-state index in [0.717, 1.165) is 5.69 Å². The van der Waals surface area contributed by atoms with E-state index in [1.165, 1.54) is 0 Å². The maximum atomic E-state index is 10.1. The molecule has 2 heterocycles. The van der Waals surface area contributed by atoms with Gasteiger partial charge < -0.3 is 9.52 Å². The first-order valence-corrected chi connectivity index (χ1v) is 5.82. The van der Waals surface area contributed by atoms with E-state index in [0.29, 0.717) is 10.4 Å². The van der Waals surface area contributed by atoms with Crippen LogP contribution in [0.1, 0.15) is 30.4 Å². The summed E-state index contributed by atoms with van der Waals surface area (Å²) in [6.07, 6.45) is 1.04. The van der Waals surface area contributed by atoms with Crippen molar-refractivity contribution in [3.8, 4) is 0 Å². The third-order valence-electron chi connectivity index (χ3n) is 2.51. The number of aromatic nitrogens is 1. The summed E-state index contributed by atoms with van der Waals surface area (Å²) in [7, 11) is 0. The summed E-state index contributed by atoms with van der Waals surface area (Å²) in [5.74, 6) is 0.448. The van der Waals surface area contributed by atoms with Crippen molar-refractivity contribution in [2.24, 2.45) is 0 Å². The molecule has 0 amide bonds. The van der Waals surface area contributed by atoms with Crippen LogP contribution in [0.3, 0.4) is 0 Å². The van der Waals surface area contributed by atoms with Crippen molar-refractivity contribution >= 4 is 15.9 Å². The van der Waals surface area contributed by atoms with Gasteiger partial charge in [-0.1, -0.05) is 13.0 Å². The van der Waals surface area contributed by atoms with Crippen LogP contribution in [0, 0.1) is 0 Å². The largest absolute Gasteiger partial charge is 0.452 e. The predicted molar refractivity (Wildman–Crippen MR) is 64.0 cm³/mol. The van der Waals surface area contributed by atoms with Crippen LogP contribution in [0.2, 0.25) is 0 Å². The minimum Gasteiger partial charge on any atom is -0.452 e. The molecule has 1 N–H and O–H groups in total. The molecule has 0 aromatic carbocycles. The molecular formula is C12H12BrNO2.